The van der Waals surface area contributed by atoms with Crippen LogP contribution in [0.5, 0.6) is 0 Å². The molecule has 1 aliphatic heterocycles. The number of nitrogens with two attached hydrogens (primary N) is 1. The minimum absolute atomic E-state index is 0.0874. The predicted octanol–water partition coefficient (Wildman–Crippen LogP) is 0.665. The zero-order chi connectivity index (χ0) is 10.8. The van der Waals surface area contributed by atoms with Crippen LogP contribution < -0.4 is 5.73 Å². The van der Waals surface area contributed by atoms with Gasteiger partial charge >= 0.3 is 0 Å². The fraction of sp³-hybridized carbons (Fsp3) is 0.700. The van der Waals surface area contributed by atoms with Crippen LogP contribution in [0.2, 0.25) is 0 Å². The maximum absolute atomic E-state index is 9.20. The Morgan fingerprint density at radius 3 is 2.64 bits per heavy atom. The van der Waals surface area contributed by atoms with Gasteiger partial charge in [-0.05, 0) is 5.41 Å². The van der Waals surface area contributed by atoms with Crippen molar-refractivity contribution in [1.82, 2.24) is 0 Å². The maximum atomic E-state index is 9.20. The maximum Gasteiger partial charge on any atom is 0.214 e. The number of hydrogen-bond acceptors (Lipinski definition) is 4. The fourth-order valence-corrected chi connectivity index (χ4v) is 1.27. The lowest BCUT2D eigenvalue weighted by Crippen LogP contribution is -2.31. The van der Waals surface area contributed by atoms with Gasteiger partial charge in [-0.2, -0.15) is 0 Å². The van der Waals surface area contributed by atoms with E-state index in [1.807, 2.05) is 20.8 Å². The van der Waals surface area contributed by atoms with Crippen LogP contribution in [0.3, 0.4) is 0 Å². The highest BCUT2D eigenvalue weighted by molar-refractivity contribution is 5.94. The summed E-state index contributed by atoms with van der Waals surface area (Å²) in [7, 11) is 0. The summed E-state index contributed by atoms with van der Waals surface area (Å²) in [6, 6.07) is 0. The SMILES string of the molecule is CC(C)(C)/C(=C/N)C1=NCC(O)CO1. The Morgan fingerprint density at radius 2 is 2.29 bits per heavy atom. The molecule has 4 heteroatoms. The molecule has 0 aromatic carbocycles. The van der Waals surface area contributed by atoms with Crippen molar-refractivity contribution in [2.45, 2.75) is 26.9 Å². The number of hydrogen-bond donors (Lipinski definition) is 2. The van der Waals surface area contributed by atoms with Crippen molar-refractivity contribution >= 4 is 5.90 Å². The third kappa shape index (κ3) is 2.48. The van der Waals surface area contributed by atoms with Crippen LogP contribution in [0.1, 0.15) is 20.8 Å². The van der Waals surface area contributed by atoms with E-state index in [9.17, 15) is 5.11 Å². The molecule has 0 aromatic heterocycles. The highest BCUT2D eigenvalue weighted by atomic mass is 16.5. The van der Waals surface area contributed by atoms with Gasteiger partial charge in [0.2, 0.25) is 5.90 Å². The van der Waals surface area contributed by atoms with Gasteiger partial charge in [0, 0.05) is 11.8 Å². The molecule has 14 heavy (non-hydrogen) atoms. The number of ether oxygens (including phenoxy) is 1. The quantitative estimate of drug-likeness (QED) is 0.650. The largest absolute Gasteiger partial charge is 0.475 e. The van der Waals surface area contributed by atoms with Gasteiger partial charge in [0.1, 0.15) is 12.7 Å². The molecule has 1 heterocycles. The molecule has 0 bridgehead atoms. The summed E-state index contributed by atoms with van der Waals surface area (Å²) in [5, 5.41) is 9.20. The third-order valence-corrected chi connectivity index (χ3v) is 2.06. The molecule has 3 N–H and O–H groups in total. The summed E-state index contributed by atoms with van der Waals surface area (Å²) in [5.41, 5.74) is 6.33. The minimum Gasteiger partial charge on any atom is -0.475 e. The van der Waals surface area contributed by atoms with E-state index in [4.69, 9.17) is 10.5 Å². The van der Waals surface area contributed by atoms with Gasteiger partial charge in [0.25, 0.3) is 0 Å². The molecule has 1 atom stereocenters. The van der Waals surface area contributed by atoms with Crippen LogP contribution >= 0.6 is 0 Å². The zero-order valence-electron chi connectivity index (χ0n) is 8.95. The number of aliphatic imine (C=N–C) groups is 1. The average Bonchev–Trinajstić information content (AvgIpc) is 2.07. The van der Waals surface area contributed by atoms with Gasteiger partial charge in [-0.25, -0.2) is 4.99 Å². The number of rotatable bonds is 1. The second-order valence-corrected chi connectivity index (χ2v) is 4.44. The Labute approximate surface area is 84.5 Å². The van der Waals surface area contributed by atoms with Crippen LogP contribution in [0.15, 0.2) is 16.8 Å². The van der Waals surface area contributed by atoms with E-state index in [1.54, 1.807) is 0 Å². The molecule has 1 aliphatic rings. The average molecular weight is 198 g/mol. The van der Waals surface area contributed by atoms with Gasteiger partial charge in [-0.15, -0.1) is 0 Å². The normalized spacial score (nSPS) is 24.1. The lowest BCUT2D eigenvalue weighted by molar-refractivity contribution is 0.0942. The molecule has 0 saturated heterocycles. The molecule has 1 unspecified atom stereocenters. The predicted molar refractivity (Wildman–Crippen MR) is 56.0 cm³/mol. The van der Waals surface area contributed by atoms with Crippen molar-refractivity contribution in [2.75, 3.05) is 13.2 Å². The van der Waals surface area contributed by atoms with Crippen LogP contribution in [0.4, 0.5) is 0 Å². The molecule has 0 spiro atoms. The first-order chi connectivity index (χ1) is 6.45. The molecule has 1 rings (SSSR count). The molecule has 0 saturated carbocycles. The summed E-state index contributed by atoms with van der Waals surface area (Å²) in [6.45, 7) is 6.82. The lowest BCUT2D eigenvalue weighted by atomic mass is 9.86. The Bertz CT molecular complexity index is 264. The van der Waals surface area contributed by atoms with Crippen molar-refractivity contribution in [3.63, 3.8) is 0 Å². The van der Waals surface area contributed by atoms with Gasteiger partial charge in [0.05, 0.1) is 6.54 Å². The lowest BCUT2D eigenvalue weighted by Gasteiger charge is -2.26. The Kier molecular flexibility index (Phi) is 3.16. The molecule has 0 aliphatic carbocycles. The van der Waals surface area contributed by atoms with Crippen molar-refractivity contribution in [2.24, 2.45) is 16.1 Å². The van der Waals surface area contributed by atoms with Gasteiger partial charge in [0.15, 0.2) is 0 Å². The smallest absolute Gasteiger partial charge is 0.214 e. The summed E-state index contributed by atoms with van der Waals surface area (Å²) < 4.78 is 5.32. The first-order valence-electron chi connectivity index (χ1n) is 4.73. The summed E-state index contributed by atoms with van der Waals surface area (Å²) in [5.74, 6) is 0.560. The van der Waals surface area contributed by atoms with Crippen molar-refractivity contribution in [1.29, 1.82) is 0 Å². The molecule has 4 nitrogen and oxygen atoms in total. The number of nitrogens with zero attached hydrogens (tertiary/aromatic N) is 1. The summed E-state index contributed by atoms with van der Waals surface area (Å²) >= 11 is 0. The monoisotopic (exact) mass is 198 g/mol. The highest BCUT2D eigenvalue weighted by Crippen LogP contribution is 2.26. The second kappa shape index (κ2) is 4.00. The van der Waals surface area contributed by atoms with Gasteiger partial charge in [-0.1, -0.05) is 20.8 Å². The van der Waals surface area contributed by atoms with E-state index in [2.05, 4.69) is 4.99 Å². The van der Waals surface area contributed by atoms with Gasteiger partial charge < -0.3 is 15.6 Å². The Hall–Kier alpha value is -1.03. The van der Waals surface area contributed by atoms with E-state index >= 15 is 0 Å². The Morgan fingerprint density at radius 1 is 1.64 bits per heavy atom. The minimum atomic E-state index is -0.488. The van der Waals surface area contributed by atoms with Crippen LogP contribution in [0.25, 0.3) is 0 Å². The van der Waals surface area contributed by atoms with E-state index in [1.165, 1.54) is 6.20 Å². The third-order valence-electron chi connectivity index (χ3n) is 2.06. The topological polar surface area (TPSA) is 67.8 Å². The Balaban J connectivity index is 2.83. The van der Waals surface area contributed by atoms with Crippen LogP contribution in [0, 0.1) is 5.41 Å². The fourth-order valence-electron chi connectivity index (χ4n) is 1.27. The standard InChI is InChI=1S/C10H18N2O2/c1-10(2,3)8(4-11)9-12-5-7(13)6-14-9/h4,7,13H,5-6,11H2,1-3H3/b8-4+. The second-order valence-electron chi connectivity index (χ2n) is 4.44. The molecule has 80 valence electrons. The molecule has 0 aromatic rings. The molecular weight excluding hydrogens is 180 g/mol. The molecule has 0 fully saturated rings. The van der Waals surface area contributed by atoms with Crippen LogP contribution in [-0.4, -0.2) is 30.3 Å². The van der Waals surface area contributed by atoms with E-state index in [-0.39, 0.29) is 5.41 Å². The first kappa shape index (κ1) is 11.0. The molecule has 0 amide bonds. The number of aliphatic hydroxyl groups excluding tert-OH is 1. The van der Waals surface area contributed by atoms with Crippen molar-refractivity contribution < 1.29 is 9.84 Å². The summed E-state index contributed by atoms with van der Waals surface area (Å²) in [4.78, 5) is 4.14. The van der Waals surface area contributed by atoms with E-state index in [0.717, 1.165) is 5.57 Å². The van der Waals surface area contributed by atoms with Crippen LogP contribution in [-0.2, 0) is 4.74 Å². The van der Waals surface area contributed by atoms with Crippen molar-refractivity contribution in [3.8, 4) is 0 Å². The van der Waals surface area contributed by atoms with Crippen molar-refractivity contribution in [3.05, 3.63) is 11.8 Å². The first-order valence-corrected chi connectivity index (χ1v) is 4.73. The highest BCUT2D eigenvalue weighted by Gasteiger charge is 2.25. The summed E-state index contributed by atoms with van der Waals surface area (Å²) in [6.07, 6.45) is 1.04. The molecular formula is C10H18N2O2. The zero-order valence-corrected chi connectivity index (χ0v) is 8.95. The van der Waals surface area contributed by atoms with E-state index < -0.39 is 6.10 Å². The van der Waals surface area contributed by atoms with E-state index in [0.29, 0.717) is 19.0 Å². The number of aliphatic hydroxyl groups is 1. The molecule has 0 radical (unpaired) electrons. The van der Waals surface area contributed by atoms with Gasteiger partial charge in [-0.3, -0.25) is 0 Å².